The number of methoxy groups -OCH3 is 1. The van der Waals surface area contributed by atoms with Crippen molar-refractivity contribution in [2.24, 2.45) is 5.92 Å². The van der Waals surface area contributed by atoms with Gasteiger partial charge < -0.3 is 4.74 Å². The van der Waals surface area contributed by atoms with Gasteiger partial charge in [0.25, 0.3) is 0 Å². The van der Waals surface area contributed by atoms with Gasteiger partial charge in [0.05, 0.1) is 11.7 Å². The van der Waals surface area contributed by atoms with E-state index in [9.17, 15) is 9.59 Å². The lowest BCUT2D eigenvalue weighted by Crippen LogP contribution is -2.32. The lowest BCUT2D eigenvalue weighted by atomic mass is 9.96. The van der Waals surface area contributed by atoms with E-state index in [1.165, 1.54) is 6.92 Å². The van der Waals surface area contributed by atoms with Gasteiger partial charge in [-0.05, 0) is 49.1 Å². The number of ketones is 2. The van der Waals surface area contributed by atoms with Gasteiger partial charge in [0.1, 0.15) is 17.5 Å². The minimum atomic E-state index is -0.543. The van der Waals surface area contributed by atoms with Crippen molar-refractivity contribution in [3.8, 4) is 5.75 Å². The molecule has 1 aromatic carbocycles. The maximum absolute atomic E-state index is 12.6. The van der Waals surface area contributed by atoms with Gasteiger partial charge in [0, 0.05) is 5.56 Å². The number of carbonyl (C=O) groups is 2. The number of rotatable bonds is 5. The fourth-order valence-electron chi connectivity index (χ4n) is 2.13. The average Bonchev–Trinajstić information content (AvgIpc) is 2.48. The van der Waals surface area contributed by atoms with Crippen molar-refractivity contribution in [2.45, 2.75) is 17.9 Å². The monoisotopic (exact) mass is 310 g/mol. The van der Waals surface area contributed by atoms with Gasteiger partial charge in [0.2, 0.25) is 0 Å². The Hall–Kier alpha value is -0.940. The topological polar surface area (TPSA) is 43.4 Å². The highest BCUT2D eigenvalue weighted by Crippen LogP contribution is 2.37. The molecule has 1 saturated heterocycles. The molecule has 0 N–H and O–H groups in total. The highest BCUT2D eigenvalue weighted by atomic mass is 32.2. The van der Waals surface area contributed by atoms with Crippen LogP contribution in [0.4, 0.5) is 0 Å². The van der Waals surface area contributed by atoms with Crippen molar-refractivity contribution in [3.63, 3.8) is 0 Å². The highest BCUT2D eigenvalue weighted by Gasteiger charge is 2.34. The summed E-state index contributed by atoms with van der Waals surface area (Å²) in [4.78, 5) is 24.5. The molecule has 3 nitrogen and oxygen atoms in total. The van der Waals surface area contributed by atoms with E-state index >= 15 is 0 Å². The predicted octanol–water partition coefficient (Wildman–Crippen LogP) is 3.28. The van der Waals surface area contributed by atoms with E-state index in [1.54, 1.807) is 54.9 Å². The molecular formula is C15H18O3S2. The van der Waals surface area contributed by atoms with E-state index < -0.39 is 5.92 Å². The standard InChI is InChI=1S/C15H18O3S2/c1-10(16)13(15-19-8-3-9-20-15)14(17)11-4-6-12(18-2)7-5-11/h4-7,13,15H,3,8-9H2,1-2H3. The number of ether oxygens (including phenoxy) is 1. The number of thioether (sulfide) groups is 2. The molecule has 0 saturated carbocycles. The fraction of sp³-hybridized carbons (Fsp3) is 0.467. The molecule has 0 aromatic heterocycles. The van der Waals surface area contributed by atoms with E-state index in [1.807, 2.05) is 0 Å². The Morgan fingerprint density at radius 3 is 2.30 bits per heavy atom. The van der Waals surface area contributed by atoms with Gasteiger partial charge in [-0.25, -0.2) is 0 Å². The Morgan fingerprint density at radius 2 is 1.80 bits per heavy atom. The summed E-state index contributed by atoms with van der Waals surface area (Å²) in [6.07, 6.45) is 1.15. The molecule has 1 unspecified atom stereocenters. The predicted molar refractivity (Wildman–Crippen MR) is 84.8 cm³/mol. The van der Waals surface area contributed by atoms with Gasteiger partial charge in [-0.1, -0.05) is 0 Å². The number of Topliss-reactive ketones (excluding diaryl/α,β-unsaturated/α-hetero) is 2. The van der Waals surface area contributed by atoms with Crippen molar-refractivity contribution in [1.29, 1.82) is 0 Å². The second-order valence-corrected chi connectivity index (χ2v) is 7.44. The first kappa shape index (κ1) is 15.4. The second kappa shape index (κ2) is 7.18. The van der Waals surface area contributed by atoms with Crippen molar-refractivity contribution >= 4 is 35.1 Å². The molecule has 1 aliphatic rings. The summed E-state index contributed by atoms with van der Waals surface area (Å²) in [6, 6.07) is 6.97. The van der Waals surface area contributed by atoms with E-state index in [2.05, 4.69) is 0 Å². The summed E-state index contributed by atoms with van der Waals surface area (Å²) < 4.78 is 5.14. The van der Waals surface area contributed by atoms with Gasteiger partial charge in [-0.15, -0.1) is 23.5 Å². The van der Waals surface area contributed by atoms with Crippen molar-refractivity contribution in [1.82, 2.24) is 0 Å². The zero-order chi connectivity index (χ0) is 14.5. The SMILES string of the molecule is COc1ccc(C(=O)C(C(C)=O)C2SCCCS2)cc1. The molecule has 1 aromatic rings. The van der Waals surface area contributed by atoms with Crippen LogP contribution >= 0.6 is 23.5 Å². The maximum atomic E-state index is 12.6. The van der Waals surface area contributed by atoms with Crippen LogP contribution in [0.1, 0.15) is 23.7 Å². The van der Waals surface area contributed by atoms with Crippen molar-refractivity contribution in [3.05, 3.63) is 29.8 Å². The zero-order valence-corrected chi connectivity index (χ0v) is 13.3. The minimum Gasteiger partial charge on any atom is -0.497 e. The molecule has 1 heterocycles. The lowest BCUT2D eigenvalue weighted by Gasteiger charge is -2.26. The summed E-state index contributed by atoms with van der Waals surface area (Å²) in [5, 5.41) is 0. The van der Waals surface area contributed by atoms with Crippen molar-refractivity contribution in [2.75, 3.05) is 18.6 Å². The summed E-state index contributed by atoms with van der Waals surface area (Å²) in [6.45, 7) is 1.52. The van der Waals surface area contributed by atoms with Crippen LogP contribution in [0.3, 0.4) is 0 Å². The van der Waals surface area contributed by atoms with E-state index in [0.717, 1.165) is 17.9 Å². The molecule has 0 radical (unpaired) electrons. The first-order valence-electron chi connectivity index (χ1n) is 6.55. The molecule has 1 fully saturated rings. The number of carbonyl (C=O) groups excluding carboxylic acids is 2. The largest absolute Gasteiger partial charge is 0.497 e. The molecule has 2 rings (SSSR count). The van der Waals surface area contributed by atoms with Crippen LogP contribution in [0.15, 0.2) is 24.3 Å². The van der Waals surface area contributed by atoms with Crippen LogP contribution < -0.4 is 4.74 Å². The number of hydrogen-bond acceptors (Lipinski definition) is 5. The van der Waals surface area contributed by atoms with E-state index in [-0.39, 0.29) is 16.1 Å². The van der Waals surface area contributed by atoms with Gasteiger partial charge in [-0.2, -0.15) is 0 Å². The van der Waals surface area contributed by atoms with Crippen molar-refractivity contribution < 1.29 is 14.3 Å². The molecule has 1 aliphatic heterocycles. The van der Waals surface area contributed by atoms with Gasteiger partial charge in [-0.3, -0.25) is 9.59 Å². The Morgan fingerprint density at radius 1 is 1.20 bits per heavy atom. The van der Waals surface area contributed by atoms with E-state index in [4.69, 9.17) is 4.74 Å². The molecule has 0 amide bonds. The summed E-state index contributed by atoms with van der Waals surface area (Å²) >= 11 is 3.45. The molecule has 20 heavy (non-hydrogen) atoms. The molecule has 0 spiro atoms. The Kier molecular flexibility index (Phi) is 5.54. The summed E-state index contributed by atoms with van der Waals surface area (Å²) in [5.41, 5.74) is 0.581. The number of benzene rings is 1. The molecule has 5 heteroatoms. The Labute approximate surface area is 127 Å². The van der Waals surface area contributed by atoms with E-state index in [0.29, 0.717) is 11.3 Å². The molecule has 0 aliphatic carbocycles. The smallest absolute Gasteiger partial charge is 0.175 e. The van der Waals surface area contributed by atoms with Gasteiger partial charge >= 0.3 is 0 Å². The minimum absolute atomic E-state index is 0.0438. The first-order chi connectivity index (χ1) is 9.63. The normalized spacial score (nSPS) is 17.5. The molecular weight excluding hydrogens is 292 g/mol. The maximum Gasteiger partial charge on any atom is 0.175 e. The van der Waals surface area contributed by atoms with Crippen LogP contribution in [0, 0.1) is 5.92 Å². The summed E-state index contributed by atoms with van der Waals surface area (Å²) in [7, 11) is 1.59. The third-order valence-electron chi connectivity index (χ3n) is 3.22. The quantitative estimate of drug-likeness (QED) is 0.617. The Balaban J connectivity index is 2.19. The highest BCUT2D eigenvalue weighted by molar-refractivity contribution is 8.17. The number of hydrogen-bond donors (Lipinski definition) is 0. The first-order valence-corrected chi connectivity index (χ1v) is 8.65. The molecule has 0 bridgehead atoms. The van der Waals surface area contributed by atoms with Crippen LogP contribution in [0.25, 0.3) is 0 Å². The van der Waals surface area contributed by atoms with Crippen LogP contribution in [0.5, 0.6) is 5.75 Å². The van der Waals surface area contributed by atoms with Crippen LogP contribution in [-0.4, -0.2) is 34.8 Å². The van der Waals surface area contributed by atoms with Crippen LogP contribution in [0.2, 0.25) is 0 Å². The third kappa shape index (κ3) is 3.58. The lowest BCUT2D eigenvalue weighted by molar-refractivity contribution is -0.119. The average molecular weight is 310 g/mol. The molecule has 1 atom stereocenters. The second-order valence-electron chi connectivity index (χ2n) is 4.64. The van der Waals surface area contributed by atoms with Gasteiger partial charge in [0.15, 0.2) is 5.78 Å². The Bertz CT molecular complexity index is 478. The summed E-state index contributed by atoms with van der Waals surface area (Å²) in [5.74, 6) is 2.10. The molecule has 108 valence electrons. The zero-order valence-electron chi connectivity index (χ0n) is 11.6. The third-order valence-corrected chi connectivity index (χ3v) is 6.29. The van der Waals surface area contributed by atoms with Crippen LogP contribution in [-0.2, 0) is 4.79 Å². The fourth-order valence-corrected chi connectivity index (χ4v) is 5.38.